The summed E-state index contributed by atoms with van der Waals surface area (Å²) in [6.45, 7) is 3.77. The molecule has 0 saturated heterocycles. The minimum Gasteiger partial charge on any atom is -0.344 e. The first kappa shape index (κ1) is 24.8. The number of hydrogen-bond acceptors (Lipinski definition) is 5. The highest BCUT2D eigenvalue weighted by Crippen LogP contribution is 2.43. The lowest BCUT2D eigenvalue weighted by Crippen LogP contribution is -2.36. The molecule has 1 fully saturated rings. The van der Waals surface area contributed by atoms with Crippen LogP contribution in [-0.2, 0) is 15.7 Å². The molecule has 1 atom stereocenters. The van der Waals surface area contributed by atoms with Crippen LogP contribution < -0.4 is 5.32 Å². The molecule has 1 unspecified atom stereocenters. The number of nitrogens with one attached hydrogen (secondary N) is 2. The Balaban J connectivity index is 1.66. The van der Waals surface area contributed by atoms with Crippen molar-refractivity contribution in [1.29, 1.82) is 4.78 Å². The molecule has 1 heterocycles. The molecule has 1 aromatic heterocycles. The first-order valence-electron chi connectivity index (χ1n) is 11.1. The van der Waals surface area contributed by atoms with E-state index < -0.39 is 44.5 Å². The lowest BCUT2D eigenvalue weighted by Gasteiger charge is -2.20. The molecular formula is C25H25F3N4O2S. The van der Waals surface area contributed by atoms with Gasteiger partial charge in [-0.3, -0.25) is 4.79 Å². The van der Waals surface area contributed by atoms with Crippen LogP contribution in [0.2, 0.25) is 0 Å². The zero-order chi connectivity index (χ0) is 25.5. The minimum absolute atomic E-state index is 0.00893. The molecule has 1 saturated carbocycles. The molecule has 1 amide bonds. The van der Waals surface area contributed by atoms with Gasteiger partial charge in [0.15, 0.2) is 0 Å². The van der Waals surface area contributed by atoms with Gasteiger partial charge in [0.05, 0.1) is 11.4 Å². The van der Waals surface area contributed by atoms with Gasteiger partial charge in [-0.25, -0.2) is 23.3 Å². The van der Waals surface area contributed by atoms with E-state index in [1.165, 1.54) is 25.1 Å². The van der Waals surface area contributed by atoms with E-state index in [0.29, 0.717) is 11.1 Å². The average molecular weight is 503 g/mol. The largest absolute Gasteiger partial charge is 0.344 e. The third kappa shape index (κ3) is 4.93. The quantitative estimate of drug-likeness (QED) is 0.452. The molecule has 4 rings (SSSR count). The molecule has 2 aromatic carbocycles. The SMILES string of the molecule is Cc1ccc(C(F)(F)CNC(=O)c2nc(C)ncc2S(=N)(=O)c2cccc(C3CC3)c2F)c(C)c1. The van der Waals surface area contributed by atoms with Crippen LogP contribution in [0, 0.1) is 31.4 Å². The van der Waals surface area contributed by atoms with Gasteiger partial charge in [-0.1, -0.05) is 35.9 Å². The number of alkyl halides is 2. The first-order chi connectivity index (χ1) is 16.4. The molecule has 0 radical (unpaired) electrons. The van der Waals surface area contributed by atoms with Gasteiger partial charge in [-0.2, -0.15) is 8.78 Å². The molecule has 184 valence electrons. The third-order valence-corrected chi connectivity index (χ3v) is 7.82. The van der Waals surface area contributed by atoms with Crippen molar-refractivity contribution in [3.63, 3.8) is 0 Å². The number of rotatable bonds is 7. The highest BCUT2D eigenvalue weighted by molar-refractivity contribution is 7.92. The van der Waals surface area contributed by atoms with Gasteiger partial charge in [0.1, 0.15) is 32.0 Å². The van der Waals surface area contributed by atoms with Gasteiger partial charge in [-0.15, -0.1) is 0 Å². The number of halogens is 3. The van der Waals surface area contributed by atoms with Gasteiger partial charge in [-0.05, 0) is 56.7 Å². The summed E-state index contributed by atoms with van der Waals surface area (Å²) in [6.07, 6.45) is 2.63. The topological polar surface area (TPSA) is 95.8 Å². The van der Waals surface area contributed by atoms with E-state index >= 15 is 4.39 Å². The molecule has 0 spiro atoms. The molecule has 10 heteroatoms. The van der Waals surface area contributed by atoms with Crippen LogP contribution in [0.1, 0.15) is 57.3 Å². The van der Waals surface area contributed by atoms with Crippen LogP contribution in [0.15, 0.2) is 52.4 Å². The summed E-state index contributed by atoms with van der Waals surface area (Å²) in [6, 6.07) is 8.82. The van der Waals surface area contributed by atoms with Crippen molar-refractivity contribution in [1.82, 2.24) is 15.3 Å². The smallest absolute Gasteiger partial charge is 0.290 e. The second-order valence-corrected chi connectivity index (χ2v) is 10.8. The molecule has 35 heavy (non-hydrogen) atoms. The normalized spacial score (nSPS) is 15.5. The fourth-order valence-electron chi connectivity index (χ4n) is 4.00. The molecular weight excluding hydrogens is 477 g/mol. The predicted octanol–water partition coefficient (Wildman–Crippen LogP) is 5.40. The second-order valence-electron chi connectivity index (χ2n) is 8.83. The Morgan fingerprint density at radius 3 is 2.54 bits per heavy atom. The summed E-state index contributed by atoms with van der Waals surface area (Å²) < 4.78 is 67.0. The molecule has 3 aromatic rings. The van der Waals surface area contributed by atoms with Crippen molar-refractivity contribution < 1.29 is 22.2 Å². The van der Waals surface area contributed by atoms with Gasteiger partial charge < -0.3 is 5.32 Å². The van der Waals surface area contributed by atoms with Crippen molar-refractivity contribution in [3.05, 3.63) is 82.2 Å². The standard InChI is InChI=1S/C25H25F3N4O2S/c1-14-7-10-19(15(2)11-14)25(27,28)13-31-24(33)23-21(12-30-16(3)32-23)35(29,34)20-6-4-5-18(22(20)26)17-8-9-17/h4-7,10-12,17,29H,8-9,13H2,1-3H3,(H,31,33). The highest BCUT2D eigenvalue weighted by atomic mass is 32.2. The Morgan fingerprint density at radius 1 is 1.17 bits per heavy atom. The van der Waals surface area contributed by atoms with Crippen LogP contribution in [-0.4, -0.2) is 26.6 Å². The van der Waals surface area contributed by atoms with Gasteiger partial charge in [0.2, 0.25) is 0 Å². The van der Waals surface area contributed by atoms with E-state index in [-0.39, 0.29) is 22.2 Å². The van der Waals surface area contributed by atoms with Crippen LogP contribution in [0.25, 0.3) is 0 Å². The van der Waals surface area contributed by atoms with Crippen molar-refractivity contribution in [2.45, 2.75) is 55.2 Å². The Hall–Kier alpha value is -3.27. The number of aromatic nitrogens is 2. The van der Waals surface area contributed by atoms with E-state index in [1.54, 1.807) is 32.0 Å². The van der Waals surface area contributed by atoms with Crippen LogP contribution in [0.3, 0.4) is 0 Å². The van der Waals surface area contributed by atoms with E-state index in [1.807, 2.05) is 0 Å². The fraction of sp³-hybridized carbons (Fsp3) is 0.320. The van der Waals surface area contributed by atoms with Crippen LogP contribution >= 0.6 is 0 Å². The maximum absolute atomic E-state index is 15.2. The number of amides is 1. The first-order valence-corrected chi connectivity index (χ1v) is 12.6. The van der Waals surface area contributed by atoms with E-state index in [2.05, 4.69) is 15.3 Å². The van der Waals surface area contributed by atoms with E-state index in [0.717, 1.165) is 24.6 Å². The fourth-order valence-corrected chi connectivity index (χ4v) is 5.49. The number of carbonyl (C=O) groups excluding carboxylic acids is 1. The Bertz CT molecular complexity index is 1420. The maximum Gasteiger partial charge on any atom is 0.290 e. The van der Waals surface area contributed by atoms with Gasteiger partial charge in [0, 0.05) is 11.8 Å². The zero-order valence-electron chi connectivity index (χ0n) is 19.5. The third-order valence-electron chi connectivity index (χ3n) is 5.97. The molecule has 6 nitrogen and oxygen atoms in total. The lowest BCUT2D eigenvalue weighted by atomic mass is 10.0. The zero-order valence-corrected chi connectivity index (χ0v) is 20.3. The second kappa shape index (κ2) is 9.07. The summed E-state index contributed by atoms with van der Waals surface area (Å²) >= 11 is 0. The monoisotopic (exact) mass is 502 g/mol. The van der Waals surface area contributed by atoms with Gasteiger partial charge >= 0.3 is 0 Å². The molecule has 2 N–H and O–H groups in total. The maximum atomic E-state index is 15.2. The summed E-state index contributed by atoms with van der Waals surface area (Å²) in [4.78, 5) is 20.0. The molecule has 1 aliphatic carbocycles. The molecule has 0 bridgehead atoms. The highest BCUT2D eigenvalue weighted by Gasteiger charge is 2.35. The Labute approximate surface area is 202 Å². The predicted molar refractivity (Wildman–Crippen MR) is 125 cm³/mol. The number of hydrogen-bond donors (Lipinski definition) is 2. The summed E-state index contributed by atoms with van der Waals surface area (Å²) in [5.41, 5.74) is 0.851. The van der Waals surface area contributed by atoms with Crippen LogP contribution in [0.4, 0.5) is 13.2 Å². The summed E-state index contributed by atoms with van der Waals surface area (Å²) in [5, 5.41) is 2.14. The van der Waals surface area contributed by atoms with Crippen LogP contribution in [0.5, 0.6) is 0 Å². The number of benzene rings is 2. The van der Waals surface area contributed by atoms with Crippen molar-refractivity contribution in [3.8, 4) is 0 Å². The summed E-state index contributed by atoms with van der Waals surface area (Å²) in [7, 11) is -4.06. The molecule has 0 aliphatic heterocycles. The van der Waals surface area contributed by atoms with Crippen molar-refractivity contribution >= 4 is 15.6 Å². The Kier molecular flexibility index (Phi) is 6.44. The van der Waals surface area contributed by atoms with E-state index in [9.17, 15) is 17.8 Å². The Morgan fingerprint density at radius 2 is 1.89 bits per heavy atom. The molecule has 1 aliphatic rings. The average Bonchev–Trinajstić information content (AvgIpc) is 3.62. The van der Waals surface area contributed by atoms with Crippen molar-refractivity contribution in [2.75, 3.05) is 6.54 Å². The van der Waals surface area contributed by atoms with Gasteiger partial charge in [0.25, 0.3) is 11.8 Å². The minimum atomic E-state index is -4.06. The number of aryl methyl sites for hydroxylation is 3. The van der Waals surface area contributed by atoms with Crippen molar-refractivity contribution in [2.24, 2.45) is 0 Å². The number of nitrogens with zero attached hydrogens (tertiary/aromatic N) is 2. The lowest BCUT2D eigenvalue weighted by molar-refractivity contribution is -0.00315. The number of carbonyl (C=O) groups is 1. The summed E-state index contributed by atoms with van der Waals surface area (Å²) in [5.74, 6) is -5.07. The van der Waals surface area contributed by atoms with E-state index in [4.69, 9.17) is 4.78 Å².